The normalized spacial score (nSPS) is 14.6. The Kier molecular flexibility index (Phi) is 6.91. The maximum absolute atomic E-state index is 12.6. The minimum atomic E-state index is -0.907. The molecule has 8 heteroatoms. The van der Waals surface area contributed by atoms with Crippen molar-refractivity contribution in [2.45, 2.75) is 38.1 Å². The Balaban J connectivity index is 1.59. The zero-order chi connectivity index (χ0) is 19.8. The second-order valence-electron chi connectivity index (χ2n) is 6.52. The van der Waals surface area contributed by atoms with Crippen molar-refractivity contribution in [3.8, 4) is 0 Å². The molecule has 1 aliphatic carbocycles. The smallest absolute Gasteiger partial charge is 0.329 e. The van der Waals surface area contributed by atoms with Gasteiger partial charge in [0.2, 0.25) is 0 Å². The lowest BCUT2D eigenvalue weighted by Crippen LogP contribution is -2.37. The van der Waals surface area contributed by atoms with E-state index in [0.717, 1.165) is 30.6 Å². The molecule has 28 heavy (non-hydrogen) atoms. The molecule has 0 spiro atoms. The maximum Gasteiger partial charge on any atom is 0.329 e. The van der Waals surface area contributed by atoms with Gasteiger partial charge in [-0.2, -0.15) is 5.10 Å². The fraction of sp³-hybridized carbons (Fsp3) is 0.300. The van der Waals surface area contributed by atoms with Gasteiger partial charge in [-0.3, -0.25) is 14.4 Å². The lowest BCUT2D eigenvalue weighted by atomic mass is 9.95. The third-order valence-corrected chi connectivity index (χ3v) is 5.27. The first-order chi connectivity index (χ1) is 13.6. The van der Waals surface area contributed by atoms with E-state index in [-0.39, 0.29) is 17.6 Å². The van der Waals surface area contributed by atoms with Gasteiger partial charge in [0.25, 0.3) is 5.91 Å². The van der Waals surface area contributed by atoms with Gasteiger partial charge in [0, 0.05) is 10.9 Å². The van der Waals surface area contributed by atoms with Gasteiger partial charge >= 0.3 is 11.8 Å². The number of amides is 3. The number of anilines is 1. The Morgan fingerprint density at radius 3 is 2.54 bits per heavy atom. The number of nitrogens with one attached hydrogen (secondary N) is 3. The third-order valence-electron chi connectivity index (χ3n) is 4.47. The topological polar surface area (TPSA) is 99.7 Å². The Morgan fingerprint density at radius 1 is 1.00 bits per heavy atom. The van der Waals surface area contributed by atoms with Gasteiger partial charge in [-0.15, -0.1) is 11.3 Å². The van der Waals surface area contributed by atoms with Gasteiger partial charge in [0.05, 0.1) is 17.5 Å². The number of hydrogen-bond donors (Lipinski definition) is 3. The van der Waals surface area contributed by atoms with E-state index in [1.807, 2.05) is 17.5 Å². The molecule has 1 heterocycles. The summed E-state index contributed by atoms with van der Waals surface area (Å²) in [6, 6.07) is 10.5. The highest BCUT2D eigenvalue weighted by atomic mass is 32.1. The number of nitrogens with zero attached hydrogens (tertiary/aromatic N) is 1. The van der Waals surface area contributed by atoms with Crippen LogP contribution in [0.25, 0.3) is 0 Å². The highest BCUT2D eigenvalue weighted by molar-refractivity contribution is 7.11. The predicted molar refractivity (Wildman–Crippen MR) is 109 cm³/mol. The van der Waals surface area contributed by atoms with Crippen LogP contribution in [0.4, 0.5) is 5.69 Å². The number of carbonyl (C=O) groups is 3. The van der Waals surface area contributed by atoms with Gasteiger partial charge in [-0.05, 0) is 36.4 Å². The van der Waals surface area contributed by atoms with E-state index in [1.54, 1.807) is 24.3 Å². The molecule has 0 radical (unpaired) electrons. The van der Waals surface area contributed by atoms with Gasteiger partial charge in [0.1, 0.15) is 0 Å². The van der Waals surface area contributed by atoms with Crippen molar-refractivity contribution in [1.29, 1.82) is 0 Å². The molecule has 0 bridgehead atoms. The Hall–Kier alpha value is -3.00. The van der Waals surface area contributed by atoms with Crippen LogP contribution in [0.3, 0.4) is 0 Å². The molecule has 0 atom stereocenters. The highest BCUT2D eigenvalue weighted by Gasteiger charge is 2.20. The number of carbonyl (C=O) groups excluding carboxylic acids is 3. The molecule has 1 aromatic carbocycles. The van der Waals surface area contributed by atoms with Crippen molar-refractivity contribution in [2.24, 2.45) is 5.10 Å². The van der Waals surface area contributed by atoms with Crippen molar-refractivity contribution >= 4 is 41.0 Å². The van der Waals surface area contributed by atoms with Crippen LogP contribution >= 0.6 is 11.3 Å². The molecule has 1 saturated carbocycles. The average molecular weight is 398 g/mol. The third kappa shape index (κ3) is 5.50. The molecule has 3 rings (SSSR count). The molecule has 7 nitrogen and oxygen atoms in total. The summed E-state index contributed by atoms with van der Waals surface area (Å²) in [6.45, 7) is 0. The van der Waals surface area contributed by atoms with Crippen molar-refractivity contribution < 1.29 is 14.4 Å². The molecule has 3 amide bonds. The van der Waals surface area contributed by atoms with Crippen LogP contribution in [0.15, 0.2) is 46.9 Å². The Labute approximate surface area is 167 Å². The second-order valence-corrected chi connectivity index (χ2v) is 7.50. The van der Waals surface area contributed by atoms with Crippen LogP contribution < -0.4 is 16.1 Å². The SMILES string of the molecule is O=C(N/N=C\c1cccs1)C(=O)Nc1ccccc1C(=O)NC1CCCCC1. The summed E-state index contributed by atoms with van der Waals surface area (Å²) in [7, 11) is 0. The van der Waals surface area contributed by atoms with Crippen LogP contribution in [0.2, 0.25) is 0 Å². The van der Waals surface area contributed by atoms with Gasteiger partial charge < -0.3 is 10.6 Å². The van der Waals surface area contributed by atoms with E-state index in [1.165, 1.54) is 24.0 Å². The van der Waals surface area contributed by atoms with E-state index in [2.05, 4.69) is 21.2 Å². The predicted octanol–water partition coefficient (Wildman–Crippen LogP) is 2.90. The average Bonchev–Trinajstić information content (AvgIpc) is 3.22. The van der Waals surface area contributed by atoms with E-state index in [0.29, 0.717) is 5.56 Å². The zero-order valence-corrected chi connectivity index (χ0v) is 16.1. The largest absolute Gasteiger partial charge is 0.349 e. The van der Waals surface area contributed by atoms with Crippen LogP contribution in [0.1, 0.15) is 47.3 Å². The number of para-hydroxylation sites is 1. The standard InChI is InChI=1S/C20H22N4O3S/c25-18(22-14-7-2-1-3-8-14)16-10-4-5-11-17(16)23-19(26)20(27)24-21-13-15-9-6-12-28-15/h4-6,9-14H,1-3,7-8H2,(H,22,25)(H,23,26)(H,24,27)/b21-13-. The molecule has 0 unspecified atom stereocenters. The first kappa shape index (κ1) is 19.8. The number of thiophene rings is 1. The maximum atomic E-state index is 12.6. The van der Waals surface area contributed by atoms with Crippen molar-refractivity contribution in [3.05, 3.63) is 52.2 Å². The summed E-state index contributed by atoms with van der Waals surface area (Å²) in [5, 5.41) is 11.1. The molecule has 3 N–H and O–H groups in total. The van der Waals surface area contributed by atoms with Gasteiger partial charge in [-0.1, -0.05) is 37.5 Å². The van der Waals surface area contributed by atoms with Crippen molar-refractivity contribution in [2.75, 3.05) is 5.32 Å². The van der Waals surface area contributed by atoms with Crippen LogP contribution in [-0.4, -0.2) is 30.0 Å². The highest BCUT2D eigenvalue weighted by Crippen LogP contribution is 2.20. The van der Waals surface area contributed by atoms with Crippen LogP contribution in [-0.2, 0) is 9.59 Å². The minimum absolute atomic E-state index is 0.153. The van der Waals surface area contributed by atoms with Crippen LogP contribution in [0, 0.1) is 0 Å². The Bertz CT molecular complexity index is 858. The van der Waals surface area contributed by atoms with Gasteiger partial charge in [0.15, 0.2) is 0 Å². The first-order valence-corrected chi connectivity index (χ1v) is 10.1. The molecule has 1 aromatic heterocycles. The number of hydrazone groups is 1. The molecule has 0 saturated heterocycles. The van der Waals surface area contributed by atoms with Crippen molar-refractivity contribution in [1.82, 2.24) is 10.7 Å². The first-order valence-electron chi connectivity index (χ1n) is 9.21. The number of hydrogen-bond acceptors (Lipinski definition) is 5. The summed E-state index contributed by atoms with van der Waals surface area (Å²) in [4.78, 5) is 37.5. The lowest BCUT2D eigenvalue weighted by molar-refractivity contribution is -0.136. The molecule has 1 fully saturated rings. The van der Waals surface area contributed by atoms with E-state index >= 15 is 0 Å². The zero-order valence-electron chi connectivity index (χ0n) is 15.3. The number of rotatable bonds is 5. The lowest BCUT2D eigenvalue weighted by Gasteiger charge is -2.23. The second kappa shape index (κ2) is 9.80. The summed E-state index contributed by atoms with van der Waals surface area (Å²) in [5.41, 5.74) is 2.80. The van der Waals surface area contributed by atoms with E-state index in [4.69, 9.17) is 0 Å². The summed E-state index contributed by atoms with van der Waals surface area (Å²) in [5.74, 6) is -2.05. The van der Waals surface area contributed by atoms with E-state index in [9.17, 15) is 14.4 Å². The monoisotopic (exact) mass is 398 g/mol. The van der Waals surface area contributed by atoms with Crippen molar-refractivity contribution in [3.63, 3.8) is 0 Å². The molecule has 146 valence electrons. The fourth-order valence-corrected chi connectivity index (χ4v) is 3.63. The molecule has 1 aliphatic rings. The Morgan fingerprint density at radius 2 is 1.79 bits per heavy atom. The quantitative estimate of drug-likeness (QED) is 0.410. The fourth-order valence-electron chi connectivity index (χ4n) is 3.05. The van der Waals surface area contributed by atoms with Gasteiger partial charge in [-0.25, -0.2) is 5.43 Å². The molecular formula is C20H22N4O3S. The molecular weight excluding hydrogens is 376 g/mol. The van der Waals surface area contributed by atoms with E-state index < -0.39 is 11.8 Å². The summed E-state index contributed by atoms with van der Waals surface area (Å²) in [6.07, 6.45) is 6.80. The molecule has 2 aromatic rings. The number of benzene rings is 1. The summed E-state index contributed by atoms with van der Waals surface area (Å²) < 4.78 is 0. The minimum Gasteiger partial charge on any atom is -0.349 e. The summed E-state index contributed by atoms with van der Waals surface area (Å²) >= 11 is 1.46. The molecule has 0 aliphatic heterocycles. The van der Waals surface area contributed by atoms with Crippen LogP contribution in [0.5, 0.6) is 0 Å².